The fraction of sp³-hybridized carbons (Fsp3) is 0.643. The van der Waals surface area contributed by atoms with Gasteiger partial charge in [0.25, 0.3) is 0 Å². The Morgan fingerprint density at radius 3 is 2.17 bits per heavy atom. The number of nitrogens with zero attached hydrogens (tertiary/aromatic N) is 2. The van der Waals surface area contributed by atoms with E-state index in [1.54, 1.807) is 6.20 Å². The summed E-state index contributed by atoms with van der Waals surface area (Å²) in [5, 5.41) is 0.641. The lowest BCUT2D eigenvalue weighted by Crippen LogP contribution is -2.32. The molecule has 0 radical (unpaired) electrons. The Labute approximate surface area is 120 Å². The van der Waals surface area contributed by atoms with E-state index in [0.717, 1.165) is 24.5 Å². The molecule has 2 nitrogen and oxygen atoms in total. The minimum absolute atomic E-state index is 0.422. The normalized spacial score (nSPS) is 11.3. The first kappa shape index (κ1) is 15.6. The quantitative estimate of drug-likeness (QED) is 0.712. The molecule has 1 aromatic rings. The second-order valence-corrected chi connectivity index (χ2v) is 6.13. The monoisotopic (exact) mass is 288 g/mol. The summed E-state index contributed by atoms with van der Waals surface area (Å²) >= 11 is 11.9. The molecular weight excluding hydrogens is 267 g/mol. The topological polar surface area (TPSA) is 16.1 Å². The molecule has 0 unspecified atom stereocenters. The molecule has 1 rings (SSSR count). The maximum absolute atomic E-state index is 6.05. The summed E-state index contributed by atoms with van der Waals surface area (Å²) in [6.07, 6.45) is 1.70. The van der Waals surface area contributed by atoms with Gasteiger partial charge in [0, 0.05) is 25.2 Å². The first-order valence-corrected chi connectivity index (χ1v) is 7.30. The van der Waals surface area contributed by atoms with Gasteiger partial charge in [-0.1, -0.05) is 39.3 Å². The molecule has 1 aromatic heterocycles. The molecule has 0 amide bonds. The van der Waals surface area contributed by atoms with E-state index in [-0.39, 0.29) is 0 Å². The van der Waals surface area contributed by atoms with Gasteiger partial charge in [-0.25, -0.2) is 4.98 Å². The Hall–Kier alpha value is -0.470. The Bertz CT molecular complexity index is 368. The number of alkyl halides is 1. The number of halogens is 2. The molecule has 0 aliphatic rings. The largest absolute Gasteiger partial charge is 0.356 e. The zero-order valence-corrected chi connectivity index (χ0v) is 13.1. The fourth-order valence-corrected chi connectivity index (χ4v) is 2.35. The summed E-state index contributed by atoms with van der Waals surface area (Å²) in [5.41, 5.74) is 0.945. The Morgan fingerprint density at radius 1 is 1.17 bits per heavy atom. The Balaban J connectivity index is 2.96. The van der Waals surface area contributed by atoms with Crippen LogP contribution in [0.5, 0.6) is 0 Å². The summed E-state index contributed by atoms with van der Waals surface area (Å²) in [4.78, 5) is 6.74. The van der Waals surface area contributed by atoms with Crippen LogP contribution in [0.2, 0.25) is 5.02 Å². The average molecular weight is 289 g/mol. The van der Waals surface area contributed by atoms with Crippen LogP contribution in [0.1, 0.15) is 33.3 Å². The molecule has 0 spiro atoms. The molecule has 1 heterocycles. The average Bonchev–Trinajstić information content (AvgIpc) is 2.27. The van der Waals surface area contributed by atoms with Crippen molar-refractivity contribution < 1.29 is 0 Å². The third-order valence-electron chi connectivity index (χ3n) is 2.56. The van der Waals surface area contributed by atoms with Crippen LogP contribution in [0.25, 0.3) is 0 Å². The van der Waals surface area contributed by atoms with Crippen molar-refractivity contribution in [3.8, 4) is 0 Å². The summed E-state index contributed by atoms with van der Waals surface area (Å²) < 4.78 is 0. The van der Waals surface area contributed by atoms with Crippen molar-refractivity contribution in [2.75, 3.05) is 18.0 Å². The van der Waals surface area contributed by atoms with E-state index >= 15 is 0 Å². The van der Waals surface area contributed by atoms with Gasteiger partial charge in [-0.3, -0.25) is 0 Å². The summed E-state index contributed by atoms with van der Waals surface area (Å²) in [6, 6.07) is 2.00. The maximum atomic E-state index is 6.05. The van der Waals surface area contributed by atoms with Crippen LogP contribution < -0.4 is 4.90 Å². The summed E-state index contributed by atoms with van der Waals surface area (Å²) in [7, 11) is 0. The smallest absolute Gasteiger partial charge is 0.128 e. The van der Waals surface area contributed by atoms with Gasteiger partial charge >= 0.3 is 0 Å². The molecule has 0 bridgehead atoms. The van der Waals surface area contributed by atoms with Gasteiger partial charge in [0.2, 0.25) is 0 Å². The number of hydrogen-bond donors (Lipinski definition) is 0. The lowest BCUT2D eigenvalue weighted by molar-refractivity contribution is 0.548. The van der Waals surface area contributed by atoms with Crippen LogP contribution in [-0.2, 0) is 5.88 Å². The Kier molecular flexibility index (Phi) is 6.24. The molecule has 0 aliphatic carbocycles. The molecule has 102 valence electrons. The van der Waals surface area contributed by atoms with Crippen molar-refractivity contribution in [2.45, 2.75) is 33.6 Å². The lowest BCUT2D eigenvalue weighted by atomic mass is 10.1. The maximum Gasteiger partial charge on any atom is 0.128 e. The van der Waals surface area contributed by atoms with Crippen molar-refractivity contribution in [2.24, 2.45) is 11.8 Å². The van der Waals surface area contributed by atoms with E-state index in [1.807, 2.05) is 6.07 Å². The predicted octanol–water partition coefficient (Wildman–Crippen LogP) is 4.59. The minimum atomic E-state index is 0.422. The van der Waals surface area contributed by atoms with E-state index in [0.29, 0.717) is 22.7 Å². The van der Waals surface area contributed by atoms with Gasteiger partial charge in [0.1, 0.15) is 5.82 Å². The van der Waals surface area contributed by atoms with E-state index < -0.39 is 0 Å². The third kappa shape index (κ3) is 4.66. The molecule has 0 aliphatic heterocycles. The van der Waals surface area contributed by atoms with Crippen molar-refractivity contribution in [3.63, 3.8) is 0 Å². The van der Waals surface area contributed by atoms with Crippen LogP contribution >= 0.6 is 23.2 Å². The van der Waals surface area contributed by atoms with E-state index in [4.69, 9.17) is 23.2 Å². The molecular formula is C14H22Cl2N2. The summed E-state index contributed by atoms with van der Waals surface area (Å²) in [6.45, 7) is 10.8. The molecule has 0 saturated heterocycles. The molecule has 0 aromatic carbocycles. The van der Waals surface area contributed by atoms with E-state index in [9.17, 15) is 0 Å². The zero-order valence-electron chi connectivity index (χ0n) is 11.6. The lowest BCUT2D eigenvalue weighted by Gasteiger charge is -2.27. The number of rotatable bonds is 6. The van der Waals surface area contributed by atoms with Crippen LogP contribution in [0, 0.1) is 11.8 Å². The second kappa shape index (κ2) is 7.20. The predicted molar refractivity (Wildman–Crippen MR) is 80.7 cm³/mol. The van der Waals surface area contributed by atoms with Gasteiger partial charge in [-0.05, 0) is 23.5 Å². The van der Waals surface area contributed by atoms with Crippen LogP contribution in [0.3, 0.4) is 0 Å². The standard InChI is InChI=1S/C14H22Cl2N2/c1-10(2)8-18(9-11(3)4)14-5-12(6-15)13(16)7-17-14/h5,7,10-11H,6,8-9H2,1-4H3. The molecule has 0 fully saturated rings. The van der Waals surface area contributed by atoms with Gasteiger partial charge in [0.15, 0.2) is 0 Å². The van der Waals surface area contributed by atoms with Gasteiger partial charge in [0.05, 0.1) is 5.02 Å². The fourth-order valence-electron chi connectivity index (χ4n) is 1.89. The number of aromatic nitrogens is 1. The SMILES string of the molecule is CC(C)CN(CC(C)C)c1cc(CCl)c(Cl)cn1. The summed E-state index contributed by atoms with van der Waals surface area (Å²) in [5.74, 6) is 2.59. The number of anilines is 1. The third-order valence-corrected chi connectivity index (χ3v) is 3.19. The zero-order chi connectivity index (χ0) is 13.7. The molecule has 0 N–H and O–H groups in total. The van der Waals surface area contributed by atoms with Gasteiger partial charge in [-0.2, -0.15) is 0 Å². The minimum Gasteiger partial charge on any atom is -0.356 e. The highest BCUT2D eigenvalue weighted by molar-refractivity contribution is 6.32. The van der Waals surface area contributed by atoms with Gasteiger partial charge < -0.3 is 4.90 Å². The molecule has 4 heteroatoms. The van der Waals surface area contributed by atoms with E-state index in [2.05, 4.69) is 37.6 Å². The second-order valence-electron chi connectivity index (χ2n) is 5.46. The van der Waals surface area contributed by atoms with E-state index in [1.165, 1.54) is 0 Å². The van der Waals surface area contributed by atoms with Crippen LogP contribution in [0.15, 0.2) is 12.3 Å². The first-order chi connectivity index (χ1) is 8.43. The first-order valence-electron chi connectivity index (χ1n) is 6.39. The van der Waals surface area contributed by atoms with Crippen molar-refractivity contribution in [1.29, 1.82) is 0 Å². The highest BCUT2D eigenvalue weighted by Gasteiger charge is 2.13. The van der Waals surface area contributed by atoms with Gasteiger partial charge in [-0.15, -0.1) is 11.6 Å². The van der Waals surface area contributed by atoms with Crippen molar-refractivity contribution >= 4 is 29.0 Å². The molecule has 18 heavy (non-hydrogen) atoms. The van der Waals surface area contributed by atoms with Crippen LogP contribution in [-0.4, -0.2) is 18.1 Å². The Morgan fingerprint density at radius 2 is 1.72 bits per heavy atom. The highest BCUT2D eigenvalue weighted by atomic mass is 35.5. The molecule has 0 atom stereocenters. The highest BCUT2D eigenvalue weighted by Crippen LogP contribution is 2.23. The van der Waals surface area contributed by atoms with Crippen molar-refractivity contribution in [3.05, 3.63) is 22.8 Å². The number of pyridine rings is 1. The van der Waals surface area contributed by atoms with Crippen LogP contribution in [0.4, 0.5) is 5.82 Å². The number of hydrogen-bond acceptors (Lipinski definition) is 2. The molecule has 0 saturated carbocycles. The van der Waals surface area contributed by atoms with Crippen molar-refractivity contribution in [1.82, 2.24) is 4.98 Å².